The number of nitrogens with zero attached hydrogens (tertiary/aromatic N) is 4. The van der Waals surface area contributed by atoms with E-state index in [0.29, 0.717) is 17.4 Å². The Morgan fingerprint density at radius 2 is 1.71 bits per heavy atom. The molecule has 0 atom stereocenters. The predicted octanol–water partition coefficient (Wildman–Crippen LogP) is 4.77. The molecule has 1 N–H and O–H groups in total. The number of hydrogen-bond donors (Lipinski definition) is 1. The zero-order chi connectivity index (χ0) is 25.2. The highest BCUT2D eigenvalue weighted by Crippen LogP contribution is 2.31. The Kier molecular flexibility index (Phi) is 6.35. The van der Waals surface area contributed by atoms with Crippen molar-refractivity contribution in [3.8, 4) is 23.2 Å². The molecular formula is C22H18F3N5O4S. The monoisotopic (exact) mass is 505 g/mol. The minimum atomic E-state index is -5.04. The molecular weight excluding hydrogens is 487 g/mol. The second-order valence-corrected chi connectivity index (χ2v) is 8.83. The fourth-order valence-corrected chi connectivity index (χ4v) is 4.31. The molecule has 4 rings (SSSR count). The largest absolute Gasteiger partial charge is 0.573 e. The maximum atomic E-state index is 12.7. The molecule has 0 spiro atoms. The summed E-state index contributed by atoms with van der Waals surface area (Å²) in [6.45, 7) is 3.53. The van der Waals surface area contributed by atoms with Crippen LogP contribution >= 0.6 is 0 Å². The van der Waals surface area contributed by atoms with Gasteiger partial charge in [0.15, 0.2) is 0 Å². The van der Waals surface area contributed by atoms with E-state index in [4.69, 9.17) is 4.74 Å². The van der Waals surface area contributed by atoms with Crippen LogP contribution in [-0.2, 0) is 10.0 Å². The Hall–Kier alpha value is -4.13. The molecule has 0 aliphatic heterocycles. The second kappa shape index (κ2) is 9.25. The second-order valence-electron chi connectivity index (χ2n) is 7.18. The molecule has 9 nitrogen and oxygen atoms in total. The van der Waals surface area contributed by atoms with Crippen molar-refractivity contribution in [2.45, 2.75) is 25.1 Å². The fourth-order valence-electron chi connectivity index (χ4n) is 3.12. The molecule has 0 saturated carbocycles. The molecule has 0 fully saturated rings. The molecule has 35 heavy (non-hydrogen) atoms. The van der Waals surface area contributed by atoms with Gasteiger partial charge in [-0.3, -0.25) is 9.29 Å². The maximum absolute atomic E-state index is 12.7. The zero-order valence-corrected chi connectivity index (χ0v) is 19.1. The van der Waals surface area contributed by atoms with Gasteiger partial charge in [-0.1, -0.05) is 12.1 Å². The Bertz CT molecular complexity index is 1450. The first-order valence-electron chi connectivity index (χ1n) is 10.0. The lowest BCUT2D eigenvalue weighted by Gasteiger charge is -2.14. The summed E-state index contributed by atoms with van der Waals surface area (Å²) in [7, 11) is -4.37. The van der Waals surface area contributed by atoms with E-state index in [0.717, 1.165) is 18.0 Å². The summed E-state index contributed by atoms with van der Waals surface area (Å²) < 4.78 is 76.9. The first-order valence-corrected chi connectivity index (χ1v) is 11.5. The van der Waals surface area contributed by atoms with E-state index in [1.807, 2.05) is 6.92 Å². The number of sulfonamides is 1. The third-order valence-corrected chi connectivity index (χ3v) is 5.99. The van der Waals surface area contributed by atoms with Crippen LogP contribution in [0.5, 0.6) is 17.4 Å². The first kappa shape index (κ1) is 24.0. The van der Waals surface area contributed by atoms with Crippen molar-refractivity contribution in [2.24, 2.45) is 0 Å². The SMILES string of the molecule is Cc1nc(Oc2ccc(NS(=O)(=O)c3ccccc3OC(F)(F)F)cc2)cc(-n2ccnc2C)n1. The van der Waals surface area contributed by atoms with Crippen LogP contribution in [0.15, 0.2) is 71.9 Å². The van der Waals surface area contributed by atoms with Crippen molar-refractivity contribution in [3.63, 3.8) is 0 Å². The molecule has 0 saturated heterocycles. The van der Waals surface area contributed by atoms with Crippen molar-refractivity contribution in [1.29, 1.82) is 0 Å². The van der Waals surface area contributed by atoms with Crippen LogP contribution in [0.3, 0.4) is 0 Å². The van der Waals surface area contributed by atoms with Crippen molar-refractivity contribution < 1.29 is 31.1 Å². The Labute approximate surface area is 198 Å². The summed E-state index contributed by atoms with van der Waals surface area (Å²) >= 11 is 0. The van der Waals surface area contributed by atoms with Gasteiger partial charge in [0, 0.05) is 24.1 Å². The highest BCUT2D eigenvalue weighted by Gasteiger charge is 2.34. The van der Waals surface area contributed by atoms with Gasteiger partial charge in [0.25, 0.3) is 10.0 Å². The van der Waals surface area contributed by atoms with Crippen LogP contribution in [0, 0.1) is 13.8 Å². The van der Waals surface area contributed by atoms with Gasteiger partial charge >= 0.3 is 6.36 Å². The van der Waals surface area contributed by atoms with Gasteiger partial charge in [-0.15, -0.1) is 13.2 Å². The lowest BCUT2D eigenvalue weighted by molar-refractivity contribution is -0.275. The number of rotatable bonds is 7. The minimum Gasteiger partial charge on any atom is -0.439 e. The maximum Gasteiger partial charge on any atom is 0.573 e. The van der Waals surface area contributed by atoms with Gasteiger partial charge in [0.05, 0.1) is 0 Å². The van der Waals surface area contributed by atoms with Crippen molar-refractivity contribution in [2.75, 3.05) is 4.72 Å². The van der Waals surface area contributed by atoms with E-state index in [2.05, 4.69) is 24.4 Å². The quantitative estimate of drug-likeness (QED) is 0.385. The minimum absolute atomic E-state index is 0.104. The lowest BCUT2D eigenvalue weighted by atomic mass is 10.3. The van der Waals surface area contributed by atoms with Crippen LogP contribution in [0.1, 0.15) is 11.6 Å². The van der Waals surface area contributed by atoms with Crippen LogP contribution in [0.25, 0.3) is 5.82 Å². The summed E-state index contributed by atoms with van der Waals surface area (Å²) in [5.41, 5.74) is 0.104. The summed E-state index contributed by atoms with van der Waals surface area (Å²) in [5.74, 6) is 1.53. The summed E-state index contributed by atoms with van der Waals surface area (Å²) in [5, 5.41) is 0. The number of halogens is 3. The standard InChI is InChI=1S/C22H18F3N5O4S/c1-14-27-20(30-12-11-26-15(30)2)13-21(28-14)33-17-9-7-16(8-10-17)29-35(31,32)19-6-4-3-5-18(19)34-22(23,24)25/h3-13,29H,1-2H3. The molecule has 182 valence electrons. The number of imidazole rings is 1. The van der Waals surface area contributed by atoms with Crippen molar-refractivity contribution >= 4 is 15.7 Å². The predicted molar refractivity (Wildman–Crippen MR) is 119 cm³/mol. The fraction of sp³-hybridized carbons (Fsp3) is 0.136. The first-order chi connectivity index (χ1) is 16.5. The molecule has 0 radical (unpaired) electrons. The van der Waals surface area contributed by atoms with Crippen molar-refractivity contribution in [3.05, 3.63) is 78.6 Å². The summed E-state index contributed by atoms with van der Waals surface area (Å²) in [4.78, 5) is 12.1. The third-order valence-electron chi connectivity index (χ3n) is 4.57. The van der Waals surface area contributed by atoms with Crippen LogP contribution in [0.2, 0.25) is 0 Å². The third kappa shape index (κ3) is 5.87. The number of hydrogen-bond acceptors (Lipinski definition) is 7. The molecule has 13 heteroatoms. The number of benzene rings is 2. The number of aromatic nitrogens is 4. The molecule has 0 aliphatic rings. The summed E-state index contributed by atoms with van der Waals surface area (Å²) in [6.07, 6.45) is -1.65. The highest BCUT2D eigenvalue weighted by molar-refractivity contribution is 7.92. The number of aryl methyl sites for hydroxylation is 2. The lowest BCUT2D eigenvalue weighted by Crippen LogP contribution is -2.20. The number of ether oxygens (including phenoxy) is 2. The molecule has 4 aromatic rings. The van der Waals surface area contributed by atoms with Crippen LogP contribution < -0.4 is 14.2 Å². The number of alkyl halides is 3. The molecule has 0 amide bonds. The molecule has 2 aromatic heterocycles. The van der Waals surface area contributed by atoms with Gasteiger partial charge in [0.1, 0.15) is 33.9 Å². The highest BCUT2D eigenvalue weighted by atomic mass is 32.2. The zero-order valence-electron chi connectivity index (χ0n) is 18.3. The van der Waals surface area contributed by atoms with Crippen molar-refractivity contribution in [1.82, 2.24) is 19.5 Å². The van der Waals surface area contributed by atoms with Gasteiger partial charge in [-0.25, -0.2) is 18.4 Å². The van der Waals surface area contributed by atoms with E-state index in [9.17, 15) is 21.6 Å². The van der Waals surface area contributed by atoms with Gasteiger partial charge in [0.2, 0.25) is 5.88 Å². The van der Waals surface area contributed by atoms with E-state index < -0.39 is 27.0 Å². The van der Waals surface area contributed by atoms with E-state index >= 15 is 0 Å². The molecule has 0 unspecified atom stereocenters. The van der Waals surface area contributed by atoms with E-state index in [1.165, 1.54) is 36.4 Å². The van der Waals surface area contributed by atoms with Gasteiger partial charge < -0.3 is 9.47 Å². The van der Waals surface area contributed by atoms with Gasteiger partial charge in [-0.2, -0.15) is 4.98 Å². The number of para-hydroxylation sites is 1. The molecule has 2 heterocycles. The smallest absolute Gasteiger partial charge is 0.439 e. The number of nitrogens with one attached hydrogen (secondary N) is 1. The van der Waals surface area contributed by atoms with E-state index in [-0.39, 0.29) is 11.6 Å². The average Bonchev–Trinajstić information content (AvgIpc) is 3.20. The van der Waals surface area contributed by atoms with E-state index in [1.54, 1.807) is 30.0 Å². The van der Waals surface area contributed by atoms with Crippen LogP contribution in [-0.4, -0.2) is 34.3 Å². The Morgan fingerprint density at radius 1 is 1.00 bits per heavy atom. The molecule has 0 bridgehead atoms. The normalized spacial score (nSPS) is 11.8. The Morgan fingerprint density at radius 3 is 2.37 bits per heavy atom. The molecule has 2 aromatic carbocycles. The topological polar surface area (TPSA) is 108 Å². The summed E-state index contributed by atoms with van der Waals surface area (Å²) in [6, 6.07) is 11.8. The van der Waals surface area contributed by atoms with Crippen LogP contribution in [0.4, 0.5) is 18.9 Å². The van der Waals surface area contributed by atoms with Gasteiger partial charge in [-0.05, 0) is 50.2 Å². The number of anilines is 1. The Balaban J connectivity index is 1.52. The average molecular weight is 505 g/mol. The molecule has 0 aliphatic carbocycles.